The van der Waals surface area contributed by atoms with Gasteiger partial charge in [-0.3, -0.25) is 10.1 Å². The molecule has 25 heavy (non-hydrogen) atoms. The van der Waals surface area contributed by atoms with Crippen molar-refractivity contribution in [3.05, 3.63) is 11.6 Å². The van der Waals surface area contributed by atoms with E-state index < -0.39 is 5.54 Å². The molecule has 5 aliphatic rings. The SMILES string of the molecule is C[C@]12CC[C@H](O)CC1=CC[C@@H]1[C@@H]2CC[C@@]2(C)[C@H]1C[C@H]1N[C@@]12C(=O)CO. The lowest BCUT2D eigenvalue weighted by Gasteiger charge is -2.58. The van der Waals surface area contributed by atoms with E-state index in [9.17, 15) is 15.0 Å². The third kappa shape index (κ3) is 1.81. The average molecular weight is 345 g/mol. The molecule has 4 nitrogen and oxygen atoms in total. The number of Topliss-reactive ketones (excluding diaryl/α,β-unsaturated/α-hetero) is 1. The third-order valence-electron chi connectivity index (χ3n) is 9.28. The number of rotatable bonds is 2. The fourth-order valence-corrected chi connectivity index (χ4v) is 7.89. The van der Waals surface area contributed by atoms with Crippen LogP contribution in [0.3, 0.4) is 0 Å². The van der Waals surface area contributed by atoms with E-state index in [1.54, 1.807) is 0 Å². The van der Waals surface area contributed by atoms with Crippen molar-refractivity contribution in [2.75, 3.05) is 6.61 Å². The monoisotopic (exact) mass is 345 g/mol. The average Bonchev–Trinajstić information content (AvgIpc) is 3.27. The Kier molecular flexibility index (Phi) is 3.27. The number of carbonyl (C=O) groups excluding carboxylic acids is 1. The number of carbonyl (C=O) groups is 1. The van der Waals surface area contributed by atoms with Gasteiger partial charge in [-0.25, -0.2) is 0 Å². The fourth-order valence-electron chi connectivity index (χ4n) is 7.89. The van der Waals surface area contributed by atoms with Gasteiger partial charge >= 0.3 is 0 Å². The van der Waals surface area contributed by atoms with E-state index >= 15 is 0 Å². The predicted octanol–water partition coefficient (Wildman–Crippen LogP) is 2.19. The molecule has 138 valence electrons. The highest BCUT2D eigenvalue weighted by atomic mass is 16.3. The van der Waals surface area contributed by atoms with Gasteiger partial charge in [0.25, 0.3) is 0 Å². The van der Waals surface area contributed by atoms with Crippen molar-refractivity contribution in [3.8, 4) is 0 Å². The van der Waals surface area contributed by atoms with Crippen molar-refractivity contribution in [2.45, 2.75) is 76.5 Å². The predicted molar refractivity (Wildman–Crippen MR) is 94.8 cm³/mol. The quantitative estimate of drug-likeness (QED) is 0.529. The molecule has 1 saturated heterocycles. The summed E-state index contributed by atoms with van der Waals surface area (Å²) in [5.41, 5.74) is 1.30. The van der Waals surface area contributed by atoms with Crippen molar-refractivity contribution in [3.63, 3.8) is 0 Å². The summed E-state index contributed by atoms with van der Waals surface area (Å²) < 4.78 is 0. The van der Waals surface area contributed by atoms with Crippen LogP contribution in [-0.4, -0.2) is 40.3 Å². The Balaban J connectivity index is 1.49. The van der Waals surface area contributed by atoms with E-state index in [-0.39, 0.29) is 35.4 Å². The summed E-state index contributed by atoms with van der Waals surface area (Å²) in [5, 5.41) is 23.1. The van der Waals surface area contributed by atoms with Gasteiger partial charge in [-0.15, -0.1) is 0 Å². The second-order valence-electron chi connectivity index (χ2n) is 9.93. The highest BCUT2D eigenvalue weighted by Gasteiger charge is 2.77. The van der Waals surface area contributed by atoms with Crippen LogP contribution in [0.15, 0.2) is 11.6 Å². The number of ketones is 1. The van der Waals surface area contributed by atoms with Crippen LogP contribution in [0, 0.1) is 28.6 Å². The molecule has 3 saturated carbocycles. The van der Waals surface area contributed by atoms with Gasteiger partial charge in [0.05, 0.1) is 6.10 Å². The number of aliphatic hydroxyl groups is 2. The number of hydrogen-bond acceptors (Lipinski definition) is 4. The van der Waals surface area contributed by atoms with Crippen molar-refractivity contribution in [1.82, 2.24) is 5.32 Å². The Morgan fingerprint density at radius 1 is 1.28 bits per heavy atom. The summed E-state index contributed by atoms with van der Waals surface area (Å²) in [6, 6.07) is 0.285. The maximum absolute atomic E-state index is 12.6. The van der Waals surface area contributed by atoms with Gasteiger partial charge in [-0.1, -0.05) is 25.5 Å². The summed E-state index contributed by atoms with van der Waals surface area (Å²) >= 11 is 0. The minimum Gasteiger partial charge on any atom is -0.393 e. The largest absolute Gasteiger partial charge is 0.393 e. The fraction of sp³-hybridized carbons (Fsp3) is 0.857. The van der Waals surface area contributed by atoms with Crippen LogP contribution in [0.4, 0.5) is 0 Å². The first-order valence-corrected chi connectivity index (χ1v) is 10.2. The van der Waals surface area contributed by atoms with Crippen molar-refractivity contribution < 1.29 is 15.0 Å². The van der Waals surface area contributed by atoms with Crippen LogP contribution in [0.25, 0.3) is 0 Å². The first-order valence-electron chi connectivity index (χ1n) is 10.2. The normalized spacial score (nSPS) is 56.2. The van der Waals surface area contributed by atoms with Crippen LogP contribution in [0.5, 0.6) is 0 Å². The molecule has 3 N–H and O–H groups in total. The first kappa shape index (κ1) is 16.5. The second kappa shape index (κ2) is 4.96. The van der Waals surface area contributed by atoms with Gasteiger partial charge in [0.2, 0.25) is 0 Å². The molecule has 4 aliphatic carbocycles. The van der Waals surface area contributed by atoms with Crippen molar-refractivity contribution in [1.29, 1.82) is 0 Å². The molecule has 8 atom stereocenters. The number of aliphatic hydroxyl groups excluding tert-OH is 2. The number of hydrogen-bond donors (Lipinski definition) is 3. The van der Waals surface area contributed by atoms with Crippen LogP contribution < -0.4 is 5.32 Å². The van der Waals surface area contributed by atoms with E-state index in [1.807, 2.05) is 0 Å². The molecule has 4 fully saturated rings. The molecule has 0 aromatic rings. The molecule has 0 bridgehead atoms. The zero-order valence-corrected chi connectivity index (χ0v) is 15.4. The molecular formula is C21H31NO3. The van der Waals surface area contributed by atoms with E-state index in [1.165, 1.54) is 12.0 Å². The molecule has 1 aliphatic heterocycles. The third-order valence-corrected chi connectivity index (χ3v) is 9.28. The van der Waals surface area contributed by atoms with Crippen molar-refractivity contribution in [2.24, 2.45) is 28.6 Å². The number of fused-ring (bicyclic) bond motifs is 7. The molecule has 0 spiro atoms. The van der Waals surface area contributed by atoms with Gasteiger partial charge < -0.3 is 10.2 Å². The van der Waals surface area contributed by atoms with Crippen LogP contribution in [-0.2, 0) is 4.79 Å². The van der Waals surface area contributed by atoms with Gasteiger partial charge in [0.1, 0.15) is 12.1 Å². The smallest absolute Gasteiger partial charge is 0.180 e. The Hall–Kier alpha value is -0.710. The Morgan fingerprint density at radius 3 is 2.84 bits per heavy atom. The Labute approximate surface area is 150 Å². The molecule has 0 unspecified atom stereocenters. The van der Waals surface area contributed by atoms with E-state index in [4.69, 9.17) is 0 Å². The maximum atomic E-state index is 12.6. The standard InChI is InChI=1S/C21H31NO3/c1-19-7-5-13(24)9-12(19)3-4-14-15(19)6-8-20(2)16(14)10-17-21(20,22-17)18(25)11-23/h3,13-17,22-24H,4-11H2,1-2H3/t13-,14+,15-,16-,17+,19-,20-,21+/m0/s1. The van der Waals surface area contributed by atoms with E-state index in [0.717, 1.165) is 38.5 Å². The molecule has 4 heteroatoms. The summed E-state index contributed by atoms with van der Waals surface area (Å²) in [6.07, 6.45) is 9.63. The molecule has 0 amide bonds. The van der Waals surface area contributed by atoms with Gasteiger partial charge in [0, 0.05) is 6.04 Å². The van der Waals surface area contributed by atoms with E-state index in [2.05, 4.69) is 25.2 Å². The zero-order chi connectivity index (χ0) is 17.6. The lowest BCUT2D eigenvalue weighted by atomic mass is 9.46. The molecule has 5 rings (SSSR count). The molecule has 0 aromatic heterocycles. The number of piperidine rings is 1. The minimum atomic E-state index is -0.439. The van der Waals surface area contributed by atoms with Gasteiger partial charge in [0.15, 0.2) is 5.78 Å². The highest BCUT2D eigenvalue weighted by molar-refractivity contribution is 5.95. The zero-order valence-electron chi connectivity index (χ0n) is 15.4. The maximum Gasteiger partial charge on any atom is 0.180 e. The molecule has 1 heterocycles. The lowest BCUT2D eigenvalue weighted by molar-refractivity contribution is -0.131. The first-order chi connectivity index (χ1) is 11.9. The van der Waals surface area contributed by atoms with Gasteiger partial charge in [-0.2, -0.15) is 0 Å². The summed E-state index contributed by atoms with van der Waals surface area (Å²) in [5.74, 6) is 1.94. The number of allylic oxidation sites excluding steroid dienone is 1. The molecule has 0 aromatic carbocycles. The van der Waals surface area contributed by atoms with Crippen LogP contribution in [0.2, 0.25) is 0 Å². The van der Waals surface area contributed by atoms with E-state index in [0.29, 0.717) is 17.8 Å². The highest BCUT2D eigenvalue weighted by Crippen LogP contribution is 2.70. The summed E-state index contributed by atoms with van der Waals surface area (Å²) in [4.78, 5) is 12.6. The van der Waals surface area contributed by atoms with Gasteiger partial charge in [-0.05, 0) is 73.5 Å². The number of nitrogens with one attached hydrogen (secondary N) is 1. The topological polar surface area (TPSA) is 79.5 Å². The summed E-state index contributed by atoms with van der Waals surface area (Å²) in [6.45, 7) is 4.42. The molecular weight excluding hydrogens is 314 g/mol. The second-order valence-corrected chi connectivity index (χ2v) is 9.93. The van der Waals surface area contributed by atoms with Crippen LogP contribution >= 0.6 is 0 Å². The summed E-state index contributed by atoms with van der Waals surface area (Å²) in [7, 11) is 0. The Morgan fingerprint density at radius 2 is 2.08 bits per heavy atom. The minimum absolute atomic E-state index is 0.00543. The lowest BCUT2D eigenvalue weighted by Crippen LogP contribution is -2.56. The van der Waals surface area contributed by atoms with Crippen molar-refractivity contribution >= 4 is 5.78 Å². The Bertz CT molecular complexity index is 660. The molecule has 0 radical (unpaired) electrons. The van der Waals surface area contributed by atoms with Crippen LogP contribution in [0.1, 0.15) is 58.8 Å².